The van der Waals surface area contributed by atoms with Gasteiger partial charge in [0.1, 0.15) is 12.4 Å². The largest absolute Gasteiger partial charge is 0.493 e. The highest BCUT2D eigenvalue weighted by Crippen LogP contribution is 2.42. The molecule has 146 valence electrons. The van der Waals surface area contributed by atoms with E-state index in [1.807, 2.05) is 41.2 Å². The second-order valence-electron chi connectivity index (χ2n) is 7.16. The van der Waals surface area contributed by atoms with E-state index in [1.165, 1.54) is 0 Å². The molecular weight excluding hydrogens is 368 g/mol. The number of hydrogen-bond acceptors (Lipinski definition) is 5. The van der Waals surface area contributed by atoms with Crippen LogP contribution in [0, 0.1) is 0 Å². The first-order valence-electron chi connectivity index (χ1n) is 9.47. The van der Waals surface area contributed by atoms with Gasteiger partial charge in [0.2, 0.25) is 5.91 Å². The van der Waals surface area contributed by atoms with Gasteiger partial charge in [-0.05, 0) is 29.3 Å². The topological polar surface area (TPSA) is 78.3 Å². The van der Waals surface area contributed by atoms with Crippen LogP contribution in [0.15, 0.2) is 54.5 Å². The summed E-state index contributed by atoms with van der Waals surface area (Å²) in [6.45, 7) is 0.963. The quantitative estimate of drug-likeness (QED) is 0.742. The molecular formula is C22H20N4O3. The SMILES string of the molecule is COc1cccc2c1OCC([C@@H]1CC(=O)Nc3c1cnn3Cc1cccnc1)=C2. The van der Waals surface area contributed by atoms with Crippen LogP contribution in [0.5, 0.6) is 11.5 Å². The summed E-state index contributed by atoms with van der Waals surface area (Å²) >= 11 is 0. The number of methoxy groups -OCH3 is 1. The summed E-state index contributed by atoms with van der Waals surface area (Å²) in [6, 6.07) is 9.69. The molecule has 1 atom stereocenters. The van der Waals surface area contributed by atoms with Gasteiger partial charge in [-0.3, -0.25) is 9.78 Å². The van der Waals surface area contributed by atoms with E-state index in [1.54, 1.807) is 19.5 Å². The highest BCUT2D eigenvalue weighted by molar-refractivity contribution is 5.94. The van der Waals surface area contributed by atoms with Crippen LogP contribution in [0.25, 0.3) is 6.08 Å². The summed E-state index contributed by atoms with van der Waals surface area (Å²) in [5, 5.41) is 7.52. The van der Waals surface area contributed by atoms with Crippen LogP contribution in [0.1, 0.15) is 29.0 Å². The van der Waals surface area contributed by atoms with Crippen LogP contribution >= 0.6 is 0 Å². The van der Waals surface area contributed by atoms with Gasteiger partial charge < -0.3 is 14.8 Å². The zero-order valence-corrected chi connectivity index (χ0v) is 16.0. The molecule has 0 fully saturated rings. The number of fused-ring (bicyclic) bond motifs is 2. The molecule has 1 N–H and O–H groups in total. The zero-order chi connectivity index (χ0) is 19.8. The van der Waals surface area contributed by atoms with E-state index in [0.717, 1.165) is 33.8 Å². The number of ether oxygens (including phenoxy) is 2. The molecule has 0 spiro atoms. The van der Waals surface area contributed by atoms with Gasteiger partial charge in [0.15, 0.2) is 11.5 Å². The maximum absolute atomic E-state index is 12.5. The summed E-state index contributed by atoms with van der Waals surface area (Å²) in [6.07, 6.45) is 7.87. The summed E-state index contributed by atoms with van der Waals surface area (Å²) in [4.78, 5) is 16.6. The molecule has 4 heterocycles. The van der Waals surface area contributed by atoms with Crippen molar-refractivity contribution in [2.24, 2.45) is 0 Å². The first kappa shape index (κ1) is 17.5. The third kappa shape index (κ3) is 3.14. The van der Waals surface area contributed by atoms with Crippen molar-refractivity contribution in [1.82, 2.24) is 14.8 Å². The molecule has 2 aliphatic rings. The second-order valence-corrected chi connectivity index (χ2v) is 7.16. The lowest BCUT2D eigenvalue weighted by molar-refractivity contribution is -0.116. The molecule has 1 aromatic carbocycles. The first-order valence-corrected chi connectivity index (χ1v) is 9.47. The van der Waals surface area contributed by atoms with Crippen molar-refractivity contribution in [2.75, 3.05) is 19.0 Å². The molecule has 7 heteroatoms. The van der Waals surface area contributed by atoms with Crippen LogP contribution in [0.4, 0.5) is 5.82 Å². The van der Waals surface area contributed by atoms with Gasteiger partial charge in [-0.15, -0.1) is 0 Å². The Morgan fingerprint density at radius 1 is 1.28 bits per heavy atom. The van der Waals surface area contributed by atoms with Crippen LogP contribution in [-0.4, -0.2) is 34.4 Å². The number of amides is 1. The van der Waals surface area contributed by atoms with E-state index >= 15 is 0 Å². The number of aromatic nitrogens is 3. The van der Waals surface area contributed by atoms with Crippen molar-refractivity contribution in [2.45, 2.75) is 18.9 Å². The van der Waals surface area contributed by atoms with Crippen molar-refractivity contribution < 1.29 is 14.3 Å². The Kier molecular flexibility index (Phi) is 4.27. The molecule has 3 aromatic rings. The van der Waals surface area contributed by atoms with E-state index < -0.39 is 0 Å². The Labute approximate surface area is 168 Å². The Morgan fingerprint density at radius 2 is 2.21 bits per heavy atom. The van der Waals surface area contributed by atoms with Crippen LogP contribution in [0.2, 0.25) is 0 Å². The average Bonchev–Trinajstić information content (AvgIpc) is 3.15. The summed E-state index contributed by atoms with van der Waals surface area (Å²) in [7, 11) is 1.63. The van der Waals surface area contributed by atoms with Gasteiger partial charge in [0.25, 0.3) is 0 Å². The fourth-order valence-electron chi connectivity index (χ4n) is 3.95. The first-order chi connectivity index (χ1) is 14.2. The lowest BCUT2D eigenvalue weighted by Gasteiger charge is -2.28. The molecule has 0 bridgehead atoms. The second kappa shape index (κ2) is 7.09. The molecule has 29 heavy (non-hydrogen) atoms. The predicted molar refractivity (Wildman–Crippen MR) is 108 cm³/mol. The minimum absolute atomic E-state index is 0.0206. The lowest BCUT2D eigenvalue weighted by Crippen LogP contribution is -2.27. The van der Waals surface area contributed by atoms with Crippen LogP contribution < -0.4 is 14.8 Å². The minimum Gasteiger partial charge on any atom is -0.493 e. The number of rotatable bonds is 4. The molecule has 0 saturated heterocycles. The number of benzene rings is 1. The van der Waals surface area contributed by atoms with E-state index in [0.29, 0.717) is 25.3 Å². The molecule has 0 saturated carbocycles. The van der Waals surface area contributed by atoms with E-state index in [-0.39, 0.29) is 11.8 Å². The third-order valence-corrected chi connectivity index (χ3v) is 5.35. The van der Waals surface area contributed by atoms with Crippen molar-refractivity contribution in [3.63, 3.8) is 0 Å². The lowest BCUT2D eigenvalue weighted by atomic mass is 9.85. The number of nitrogens with zero attached hydrogens (tertiary/aromatic N) is 3. The number of para-hydroxylation sites is 1. The van der Waals surface area contributed by atoms with Crippen LogP contribution in [0.3, 0.4) is 0 Å². The Morgan fingerprint density at radius 3 is 3.03 bits per heavy atom. The predicted octanol–water partition coefficient (Wildman–Crippen LogP) is 3.24. The van der Waals surface area contributed by atoms with Crippen LogP contribution in [-0.2, 0) is 11.3 Å². The van der Waals surface area contributed by atoms with Gasteiger partial charge in [0.05, 0.1) is 19.9 Å². The zero-order valence-electron chi connectivity index (χ0n) is 16.0. The average molecular weight is 388 g/mol. The van der Waals surface area contributed by atoms with E-state index in [2.05, 4.69) is 21.5 Å². The van der Waals surface area contributed by atoms with Crippen molar-refractivity contribution in [3.8, 4) is 11.5 Å². The number of carbonyl (C=O) groups excluding carboxylic acids is 1. The molecule has 5 rings (SSSR count). The highest BCUT2D eigenvalue weighted by Gasteiger charge is 2.33. The fourth-order valence-corrected chi connectivity index (χ4v) is 3.95. The van der Waals surface area contributed by atoms with Crippen molar-refractivity contribution in [3.05, 3.63) is 71.2 Å². The third-order valence-electron chi connectivity index (χ3n) is 5.35. The highest BCUT2D eigenvalue weighted by atomic mass is 16.5. The Hall–Kier alpha value is -3.61. The van der Waals surface area contributed by atoms with E-state index in [9.17, 15) is 4.79 Å². The van der Waals surface area contributed by atoms with Gasteiger partial charge in [-0.2, -0.15) is 5.10 Å². The number of pyridine rings is 1. The molecule has 0 unspecified atom stereocenters. The minimum atomic E-state index is -0.0688. The molecule has 2 aromatic heterocycles. The number of anilines is 1. The summed E-state index contributed by atoms with van der Waals surface area (Å²) in [5.41, 5.74) is 4.05. The number of nitrogens with one attached hydrogen (secondary N) is 1. The fraction of sp³-hybridized carbons (Fsp3) is 0.227. The smallest absolute Gasteiger partial charge is 0.226 e. The van der Waals surface area contributed by atoms with Gasteiger partial charge >= 0.3 is 0 Å². The maximum atomic E-state index is 12.5. The number of carbonyl (C=O) groups is 1. The molecule has 0 aliphatic carbocycles. The van der Waals surface area contributed by atoms with Crippen molar-refractivity contribution in [1.29, 1.82) is 0 Å². The molecule has 2 aliphatic heterocycles. The van der Waals surface area contributed by atoms with Gasteiger partial charge in [-0.25, -0.2) is 4.68 Å². The van der Waals surface area contributed by atoms with Gasteiger partial charge in [0, 0.05) is 35.9 Å². The van der Waals surface area contributed by atoms with E-state index in [4.69, 9.17) is 9.47 Å². The monoisotopic (exact) mass is 388 g/mol. The number of hydrogen-bond donors (Lipinski definition) is 1. The molecule has 7 nitrogen and oxygen atoms in total. The Balaban J connectivity index is 1.50. The normalized spacial score (nSPS) is 17.5. The van der Waals surface area contributed by atoms with Gasteiger partial charge in [-0.1, -0.05) is 18.2 Å². The summed E-state index contributed by atoms with van der Waals surface area (Å²) < 4.78 is 13.2. The molecule has 0 radical (unpaired) electrons. The van der Waals surface area contributed by atoms with Crippen molar-refractivity contribution >= 4 is 17.8 Å². The maximum Gasteiger partial charge on any atom is 0.226 e. The molecule has 1 amide bonds. The summed E-state index contributed by atoms with van der Waals surface area (Å²) in [5.74, 6) is 2.11. The Bertz CT molecular complexity index is 1100. The standard InChI is InChI=1S/C22H20N4O3/c1-28-19-6-2-5-15-8-16(13-29-21(15)19)17-9-20(27)25-22-18(17)11-24-26(22)12-14-4-3-7-23-10-14/h2-8,10-11,17H,9,12-13H2,1H3,(H,25,27)/t17-/m0/s1.